The minimum absolute atomic E-state index is 0. The molecule has 20 heavy (non-hydrogen) atoms. The molecule has 0 aliphatic carbocycles. The van der Waals surface area contributed by atoms with Crippen LogP contribution in [0.3, 0.4) is 0 Å². The Hall–Kier alpha value is -0.640. The molecule has 1 rings (SSSR count). The Morgan fingerprint density at radius 2 is 2.15 bits per heavy atom. The van der Waals surface area contributed by atoms with Crippen LogP contribution in [0.5, 0.6) is 0 Å². The van der Waals surface area contributed by atoms with Gasteiger partial charge in [-0.3, -0.25) is 9.98 Å². The molecule has 1 aromatic carbocycles. The van der Waals surface area contributed by atoms with E-state index in [9.17, 15) is 13.5 Å². The molecule has 0 amide bonds. The summed E-state index contributed by atoms with van der Waals surface area (Å²) in [4.78, 5) is -0.330. The van der Waals surface area contributed by atoms with Crippen molar-refractivity contribution in [2.45, 2.75) is 18.2 Å². The van der Waals surface area contributed by atoms with E-state index in [0.717, 1.165) is 12.1 Å². The quantitative estimate of drug-likeness (QED) is 0.192. The van der Waals surface area contributed by atoms with E-state index in [1.165, 1.54) is 13.0 Å². The van der Waals surface area contributed by atoms with Gasteiger partial charge in [-0.15, -0.1) is 0 Å². The molecule has 0 aliphatic heterocycles. The molecule has 0 aromatic heterocycles. The van der Waals surface area contributed by atoms with Crippen LogP contribution >= 0.6 is 11.6 Å². The molecule has 0 radical (unpaired) electrons. The summed E-state index contributed by atoms with van der Waals surface area (Å²) in [6.45, 7) is 1.53. The SMILES string of the molecule is C/C(CC(=N)[O-])=N/Nc1cc(S(=O)(=O)O)ccc1Cl.[Na+]. The molecule has 0 saturated carbocycles. The molecule has 3 N–H and O–H groups in total. The van der Waals surface area contributed by atoms with Crippen molar-refractivity contribution in [3.8, 4) is 0 Å². The van der Waals surface area contributed by atoms with Crippen molar-refractivity contribution >= 4 is 39.0 Å². The Bertz CT molecular complexity index is 633. The Balaban J connectivity index is 0.00000361. The number of hydrogen-bond acceptors (Lipinski definition) is 6. The molecule has 0 atom stereocenters. The van der Waals surface area contributed by atoms with E-state index in [1.54, 1.807) is 0 Å². The smallest absolute Gasteiger partial charge is 0.862 e. The van der Waals surface area contributed by atoms with Crippen molar-refractivity contribution < 1.29 is 47.6 Å². The number of nitrogens with zero attached hydrogens (tertiary/aromatic N) is 1. The average molecular weight is 328 g/mol. The van der Waals surface area contributed by atoms with E-state index in [-0.39, 0.29) is 51.6 Å². The fourth-order valence-electron chi connectivity index (χ4n) is 1.18. The van der Waals surface area contributed by atoms with Gasteiger partial charge in [0, 0.05) is 12.1 Å². The number of hydrazone groups is 1. The standard InChI is InChI=1S/C10H12ClN3O4S.Na/c1-6(4-10(12)15)13-14-9-5-7(19(16,17)18)2-3-8(9)11;/h2-3,5,14H,4H2,1H3,(H2,12,15)(H,16,17,18);/q;+1/p-1/b13-6-;. The third-order valence-corrected chi connectivity index (χ3v) is 3.20. The first-order valence-corrected chi connectivity index (χ1v) is 6.82. The van der Waals surface area contributed by atoms with Gasteiger partial charge in [-0.25, -0.2) is 0 Å². The van der Waals surface area contributed by atoms with Crippen molar-refractivity contribution in [3.63, 3.8) is 0 Å². The van der Waals surface area contributed by atoms with Gasteiger partial charge in [0.05, 0.1) is 15.6 Å². The van der Waals surface area contributed by atoms with Crippen LogP contribution in [0.25, 0.3) is 0 Å². The van der Waals surface area contributed by atoms with E-state index in [1.807, 2.05) is 0 Å². The second kappa shape index (κ2) is 7.96. The summed E-state index contributed by atoms with van der Waals surface area (Å²) in [5.74, 6) is -0.791. The van der Waals surface area contributed by atoms with E-state index in [4.69, 9.17) is 21.6 Å². The summed E-state index contributed by atoms with van der Waals surface area (Å²) in [5.41, 5.74) is 2.98. The molecule has 10 heteroatoms. The molecule has 0 heterocycles. The molecule has 0 saturated heterocycles. The van der Waals surface area contributed by atoms with Crippen molar-refractivity contribution in [1.82, 2.24) is 0 Å². The summed E-state index contributed by atoms with van der Waals surface area (Å²) in [5, 5.41) is 21.3. The molecular weight excluding hydrogens is 317 g/mol. The van der Waals surface area contributed by atoms with Crippen LogP contribution in [0.15, 0.2) is 28.2 Å². The molecule has 0 fully saturated rings. The van der Waals surface area contributed by atoms with Gasteiger partial charge < -0.3 is 10.5 Å². The largest absolute Gasteiger partial charge is 1.00 e. The van der Waals surface area contributed by atoms with Crippen LogP contribution in [0, 0.1) is 5.41 Å². The second-order valence-corrected chi connectivity index (χ2v) is 5.50. The number of rotatable bonds is 5. The van der Waals surface area contributed by atoms with Crippen molar-refractivity contribution in [2.24, 2.45) is 5.10 Å². The average Bonchev–Trinajstić information content (AvgIpc) is 2.25. The van der Waals surface area contributed by atoms with Gasteiger partial charge in [0.15, 0.2) is 0 Å². The van der Waals surface area contributed by atoms with Gasteiger partial charge in [0.25, 0.3) is 10.1 Å². The molecule has 7 nitrogen and oxygen atoms in total. The topological polar surface area (TPSA) is 126 Å². The summed E-state index contributed by atoms with van der Waals surface area (Å²) >= 11 is 5.82. The molecule has 1 aromatic rings. The molecular formula is C10H11ClN3NaO4S. The maximum atomic E-state index is 11.0. The number of benzene rings is 1. The summed E-state index contributed by atoms with van der Waals surface area (Å²) in [6.07, 6.45) is -0.150. The third-order valence-electron chi connectivity index (χ3n) is 2.02. The molecule has 104 valence electrons. The Kier molecular flexibility index (Phi) is 7.71. The zero-order chi connectivity index (χ0) is 14.6. The van der Waals surface area contributed by atoms with Crippen LogP contribution in [-0.2, 0) is 10.1 Å². The fourth-order valence-corrected chi connectivity index (χ4v) is 1.84. The minimum atomic E-state index is -4.33. The number of anilines is 1. The fraction of sp³-hybridized carbons (Fsp3) is 0.200. The Morgan fingerprint density at radius 1 is 1.55 bits per heavy atom. The van der Waals surface area contributed by atoms with Crippen molar-refractivity contribution in [1.29, 1.82) is 5.41 Å². The minimum Gasteiger partial charge on any atom is -0.862 e. The summed E-state index contributed by atoms with van der Waals surface area (Å²) in [7, 11) is -4.33. The summed E-state index contributed by atoms with van der Waals surface area (Å²) in [6, 6.07) is 3.54. The van der Waals surface area contributed by atoms with Crippen LogP contribution in [-0.4, -0.2) is 24.6 Å². The number of hydrogen-bond donors (Lipinski definition) is 3. The zero-order valence-electron chi connectivity index (χ0n) is 10.8. The third kappa shape index (κ3) is 6.21. The Labute approximate surface area is 143 Å². The number of halogens is 1. The van der Waals surface area contributed by atoms with E-state index >= 15 is 0 Å². The van der Waals surface area contributed by atoms with Crippen LogP contribution < -0.4 is 40.1 Å². The second-order valence-electron chi connectivity index (χ2n) is 3.68. The van der Waals surface area contributed by atoms with Crippen molar-refractivity contribution in [3.05, 3.63) is 23.2 Å². The normalized spacial score (nSPS) is 11.7. The maximum Gasteiger partial charge on any atom is 1.00 e. The first-order valence-electron chi connectivity index (χ1n) is 5.01. The first kappa shape index (κ1) is 19.4. The molecule has 0 bridgehead atoms. The predicted molar refractivity (Wildman–Crippen MR) is 70.3 cm³/mol. The van der Waals surface area contributed by atoms with Crippen LogP contribution in [0.4, 0.5) is 5.69 Å². The van der Waals surface area contributed by atoms with Crippen LogP contribution in [0.2, 0.25) is 5.02 Å². The monoisotopic (exact) mass is 327 g/mol. The van der Waals surface area contributed by atoms with Gasteiger partial charge >= 0.3 is 29.6 Å². The predicted octanol–water partition coefficient (Wildman–Crippen LogP) is -1.89. The van der Waals surface area contributed by atoms with Gasteiger partial charge in [-0.05, 0) is 31.0 Å². The Morgan fingerprint density at radius 3 is 2.65 bits per heavy atom. The van der Waals surface area contributed by atoms with Gasteiger partial charge in [-0.2, -0.15) is 13.5 Å². The zero-order valence-corrected chi connectivity index (χ0v) is 14.4. The number of nitrogens with one attached hydrogen (secondary N) is 2. The van der Waals surface area contributed by atoms with E-state index in [2.05, 4.69) is 10.5 Å². The molecule has 0 unspecified atom stereocenters. The first-order chi connectivity index (χ1) is 8.70. The van der Waals surface area contributed by atoms with E-state index in [0.29, 0.717) is 5.71 Å². The van der Waals surface area contributed by atoms with E-state index < -0.39 is 16.0 Å². The van der Waals surface area contributed by atoms with Crippen LogP contribution in [0.1, 0.15) is 13.3 Å². The van der Waals surface area contributed by atoms with Gasteiger partial charge in [0.2, 0.25) is 0 Å². The van der Waals surface area contributed by atoms with Gasteiger partial charge in [0.1, 0.15) is 0 Å². The molecule has 0 aliphatic rings. The van der Waals surface area contributed by atoms with Gasteiger partial charge in [-0.1, -0.05) is 11.6 Å². The maximum absolute atomic E-state index is 11.0. The molecule has 0 spiro atoms. The summed E-state index contributed by atoms with van der Waals surface area (Å²) < 4.78 is 30.8. The van der Waals surface area contributed by atoms with Crippen molar-refractivity contribution in [2.75, 3.05) is 5.43 Å².